The average molecular weight is 891 g/mol. The molecule has 0 unspecified atom stereocenters. The first-order valence-corrected chi connectivity index (χ1v) is 20.6. The van der Waals surface area contributed by atoms with E-state index in [1.54, 1.807) is 4.90 Å². The van der Waals surface area contributed by atoms with Crippen LogP contribution < -0.4 is 26.6 Å². The normalized spacial score (nSPS) is 13.7. The highest BCUT2D eigenvalue weighted by Gasteiger charge is 2.31. The maximum absolute atomic E-state index is 14.2. The third-order valence-electron chi connectivity index (χ3n) is 9.67. The molecule has 296 valence electrons. The monoisotopic (exact) mass is 888 g/mol. The third-order valence-corrected chi connectivity index (χ3v) is 11.0. The van der Waals surface area contributed by atoms with Crippen molar-refractivity contribution in [1.29, 1.82) is 0 Å². The Balaban J connectivity index is 1.24. The van der Waals surface area contributed by atoms with Gasteiger partial charge in [-0.3, -0.25) is 14.4 Å². The van der Waals surface area contributed by atoms with Crippen LogP contribution in [0.4, 0.5) is 16.2 Å². The summed E-state index contributed by atoms with van der Waals surface area (Å²) in [5.74, 6) is -0.874. The molecule has 4 amide bonds. The number of ether oxygens (including phenoxy) is 1. The number of nitrogens with one attached hydrogen (secondary N) is 3. The first kappa shape index (κ1) is 42.3. The van der Waals surface area contributed by atoms with E-state index in [2.05, 4.69) is 64.8 Å². The maximum atomic E-state index is 14.2. The second-order valence-electron chi connectivity index (χ2n) is 13.8. The molecule has 13 heteroatoms. The van der Waals surface area contributed by atoms with Gasteiger partial charge >= 0.3 is 6.09 Å². The van der Waals surface area contributed by atoms with Gasteiger partial charge in [0.1, 0.15) is 18.7 Å². The van der Waals surface area contributed by atoms with Crippen molar-refractivity contribution in [1.82, 2.24) is 20.9 Å². The molecule has 56 heavy (non-hydrogen) atoms. The fraction of sp³-hybridized carbons (Fsp3) is 0.349. The predicted molar refractivity (Wildman–Crippen MR) is 227 cm³/mol. The Morgan fingerprint density at radius 3 is 1.96 bits per heavy atom. The van der Waals surface area contributed by atoms with Crippen molar-refractivity contribution in [3.8, 4) is 0 Å². The van der Waals surface area contributed by atoms with E-state index in [0.29, 0.717) is 73.0 Å². The van der Waals surface area contributed by atoms with Gasteiger partial charge in [0.05, 0.1) is 5.69 Å². The van der Waals surface area contributed by atoms with Gasteiger partial charge in [-0.2, -0.15) is 0 Å². The topological polar surface area (TPSA) is 146 Å². The van der Waals surface area contributed by atoms with E-state index in [1.807, 2.05) is 91.0 Å². The van der Waals surface area contributed by atoms with Crippen LogP contribution in [0, 0.1) is 0 Å². The van der Waals surface area contributed by atoms with Gasteiger partial charge in [0.15, 0.2) is 0 Å². The van der Waals surface area contributed by atoms with Gasteiger partial charge in [-0.05, 0) is 105 Å². The largest absolute Gasteiger partial charge is 0.445 e. The van der Waals surface area contributed by atoms with Crippen molar-refractivity contribution in [3.63, 3.8) is 0 Å². The number of nitrogens with zero attached hydrogens (tertiary/aromatic N) is 2. The molecule has 0 spiro atoms. The Morgan fingerprint density at radius 2 is 1.32 bits per heavy atom. The molecule has 4 aromatic rings. The van der Waals surface area contributed by atoms with Gasteiger partial charge in [-0.1, -0.05) is 78.9 Å². The molecule has 0 radical (unpaired) electrons. The van der Waals surface area contributed by atoms with E-state index in [4.69, 9.17) is 10.5 Å². The molecule has 0 aliphatic carbocycles. The Kier molecular flexibility index (Phi) is 16.6. The van der Waals surface area contributed by atoms with Crippen LogP contribution >= 0.6 is 31.9 Å². The molecule has 11 nitrogen and oxygen atoms in total. The molecule has 1 aliphatic rings. The van der Waals surface area contributed by atoms with E-state index >= 15 is 0 Å². The first-order chi connectivity index (χ1) is 27.2. The van der Waals surface area contributed by atoms with E-state index in [-0.39, 0.29) is 31.3 Å². The molecule has 4 aromatic carbocycles. The Labute approximate surface area is 346 Å². The quantitative estimate of drug-likeness (QED) is 0.0638. The van der Waals surface area contributed by atoms with Crippen molar-refractivity contribution < 1.29 is 23.9 Å². The van der Waals surface area contributed by atoms with Crippen molar-refractivity contribution in [2.24, 2.45) is 0 Å². The lowest BCUT2D eigenvalue weighted by atomic mass is 10.0. The van der Waals surface area contributed by atoms with Crippen LogP contribution in [-0.4, -0.2) is 73.5 Å². The fourth-order valence-corrected chi connectivity index (χ4v) is 7.86. The number of benzene rings is 4. The molecule has 2 atom stereocenters. The Morgan fingerprint density at radius 1 is 0.714 bits per heavy atom. The van der Waals surface area contributed by atoms with E-state index in [1.165, 1.54) is 0 Å². The van der Waals surface area contributed by atoms with Crippen LogP contribution in [-0.2, 0) is 38.6 Å². The van der Waals surface area contributed by atoms with Gasteiger partial charge in [0.2, 0.25) is 17.7 Å². The number of para-hydroxylation sites is 1. The van der Waals surface area contributed by atoms with Crippen LogP contribution in [0.3, 0.4) is 0 Å². The second-order valence-corrected chi connectivity index (χ2v) is 15.5. The van der Waals surface area contributed by atoms with Crippen molar-refractivity contribution in [2.75, 3.05) is 43.4 Å². The molecular weight excluding hydrogens is 840 g/mol. The molecule has 0 saturated carbocycles. The lowest BCUT2D eigenvalue weighted by Gasteiger charge is -2.38. The summed E-state index contributed by atoms with van der Waals surface area (Å²) in [7, 11) is 0. The zero-order valence-electron chi connectivity index (χ0n) is 31.4. The van der Waals surface area contributed by atoms with Crippen molar-refractivity contribution in [3.05, 3.63) is 129 Å². The summed E-state index contributed by atoms with van der Waals surface area (Å²) in [5.41, 5.74) is 10.6. The first-order valence-electron chi connectivity index (χ1n) is 19.1. The standard InChI is InChI=1S/C43H50Br2N6O5/c44-35-27-33(28-36(45)40(35)46)29-38(48-39(52)21-12-17-31-13-4-1-5-14-31)41(53)49-37(20-10-11-22-47-43(55)56-30-32-15-6-2-7-16-32)42(54)51-25-23-50(24-26-51)34-18-8-3-9-19-34/h1-9,13-16,18-19,27-28,37-38H,10-12,17,20-26,29-30,46H2,(H,47,55)(H,48,52)(H,49,53)/t37-,38+/m0/s1. The Hall–Kier alpha value is -4.88. The van der Waals surface area contributed by atoms with E-state index in [9.17, 15) is 19.2 Å². The highest BCUT2D eigenvalue weighted by atomic mass is 79.9. The summed E-state index contributed by atoms with van der Waals surface area (Å²) in [4.78, 5) is 58.0. The number of hydrogen-bond acceptors (Lipinski definition) is 7. The second kappa shape index (κ2) is 22.0. The van der Waals surface area contributed by atoms with Gasteiger partial charge in [0.25, 0.3) is 0 Å². The number of alkyl carbamates (subject to hydrolysis) is 1. The number of piperazine rings is 1. The number of nitrogen functional groups attached to an aromatic ring is 1. The number of halogens is 2. The third kappa shape index (κ3) is 13.4. The predicted octanol–water partition coefficient (Wildman–Crippen LogP) is 6.77. The number of carbonyl (C=O) groups is 4. The number of nitrogens with two attached hydrogens (primary N) is 1. The maximum Gasteiger partial charge on any atom is 0.407 e. The van der Waals surface area contributed by atoms with Gasteiger partial charge in [-0.25, -0.2) is 4.79 Å². The number of rotatable bonds is 18. The number of aryl methyl sites for hydroxylation is 1. The summed E-state index contributed by atoms with van der Waals surface area (Å²) >= 11 is 6.98. The molecule has 1 heterocycles. The number of unbranched alkanes of at least 4 members (excludes halogenated alkanes) is 1. The zero-order chi connectivity index (χ0) is 39.7. The average Bonchev–Trinajstić information content (AvgIpc) is 3.22. The fourth-order valence-electron chi connectivity index (χ4n) is 6.58. The molecule has 5 rings (SSSR count). The smallest absolute Gasteiger partial charge is 0.407 e. The molecule has 1 fully saturated rings. The van der Waals surface area contributed by atoms with Crippen molar-refractivity contribution >= 4 is 67.0 Å². The molecule has 1 saturated heterocycles. The molecule has 0 bridgehead atoms. The number of amides is 4. The molecule has 1 aliphatic heterocycles. The zero-order valence-corrected chi connectivity index (χ0v) is 34.6. The van der Waals surface area contributed by atoms with Crippen LogP contribution in [0.1, 0.15) is 48.8 Å². The summed E-state index contributed by atoms with van der Waals surface area (Å²) in [5, 5.41) is 8.76. The summed E-state index contributed by atoms with van der Waals surface area (Å²) in [6, 6.07) is 31.3. The van der Waals surface area contributed by atoms with Crippen LogP contribution in [0.15, 0.2) is 112 Å². The Bertz CT molecular complexity index is 1850. The lowest BCUT2D eigenvalue weighted by molar-refractivity contribution is -0.137. The van der Waals surface area contributed by atoms with Crippen molar-refractivity contribution in [2.45, 2.75) is 63.6 Å². The molecular formula is C43H50Br2N6O5. The summed E-state index contributed by atoms with van der Waals surface area (Å²) in [6.45, 7) is 2.85. The van der Waals surface area contributed by atoms with Gasteiger partial charge < -0.3 is 36.2 Å². The van der Waals surface area contributed by atoms with Gasteiger partial charge in [0, 0.05) is 60.2 Å². The minimum atomic E-state index is -0.951. The minimum Gasteiger partial charge on any atom is -0.445 e. The highest BCUT2D eigenvalue weighted by molar-refractivity contribution is 9.11. The van der Waals surface area contributed by atoms with E-state index in [0.717, 1.165) is 28.8 Å². The molecule has 0 aromatic heterocycles. The molecule has 5 N–H and O–H groups in total. The summed E-state index contributed by atoms with van der Waals surface area (Å²) in [6.07, 6.45) is 2.71. The van der Waals surface area contributed by atoms with E-state index < -0.39 is 24.1 Å². The van der Waals surface area contributed by atoms with Crippen LogP contribution in [0.5, 0.6) is 0 Å². The number of carbonyl (C=O) groups excluding carboxylic acids is 4. The van der Waals surface area contributed by atoms with Crippen LogP contribution in [0.2, 0.25) is 0 Å². The highest BCUT2D eigenvalue weighted by Crippen LogP contribution is 2.30. The SMILES string of the molecule is Nc1c(Br)cc(C[C@@H](NC(=O)CCCc2ccccc2)C(=O)N[C@@H](CCCCNC(=O)OCc2ccccc2)C(=O)N2CCN(c3ccccc3)CC2)cc1Br. The van der Waals surface area contributed by atoms with Crippen LogP contribution in [0.25, 0.3) is 0 Å². The number of hydrogen-bond donors (Lipinski definition) is 4. The minimum absolute atomic E-state index is 0.168. The number of anilines is 2. The lowest BCUT2D eigenvalue weighted by Crippen LogP contribution is -2.57. The van der Waals surface area contributed by atoms with Gasteiger partial charge in [-0.15, -0.1) is 0 Å². The summed E-state index contributed by atoms with van der Waals surface area (Å²) < 4.78 is 6.65.